The fourth-order valence-electron chi connectivity index (χ4n) is 2.44. The lowest BCUT2D eigenvalue weighted by atomic mass is 10.1. The molecule has 0 fully saturated rings. The van der Waals surface area contributed by atoms with Gasteiger partial charge in [-0.25, -0.2) is 0 Å². The molecule has 2 aromatic rings. The van der Waals surface area contributed by atoms with Gasteiger partial charge in [0.1, 0.15) is 5.69 Å². The number of rotatable bonds is 1. The first-order valence-electron chi connectivity index (χ1n) is 5.93. The summed E-state index contributed by atoms with van der Waals surface area (Å²) < 4.78 is 1.78. The van der Waals surface area contributed by atoms with Gasteiger partial charge in [-0.05, 0) is 17.2 Å². The molecule has 0 saturated carbocycles. The number of amides is 1. The molecule has 0 radical (unpaired) electrons. The predicted octanol–water partition coefficient (Wildman–Crippen LogP) is 1.76. The zero-order valence-electron chi connectivity index (χ0n) is 10.3. The van der Waals surface area contributed by atoms with Gasteiger partial charge in [-0.15, -0.1) is 0 Å². The van der Waals surface area contributed by atoms with Crippen LogP contribution in [0.25, 0.3) is 0 Å². The van der Waals surface area contributed by atoms with Crippen LogP contribution >= 0.6 is 0 Å². The Labute approximate surface area is 106 Å². The van der Waals surface area contributed by atoms with Gasteiger partial charge >= 0.3 is 0 Å². The molecule has 4 nitrogen and oxygen atoms in total. The molecule has 4 heteroatoms. The third-order valence-corrected chi connectivity index (χ3v) is 3.37. The van der Waals surface area contributed by atoms with Gasteiger partial charge in [0, 0.05) is 26.3 Å². The molecule has 0 aliphatic carbocycles. The zero-order chi connectivity index (χ0) is 12.7. The van der Waals surface area contributed by atoms with Gasteiger partial charge < -0.3 is 15.2 Å². The molecule has 0 bridgehead atoms. The van der Waals surface area contributed by atoms with Crippen molar-refractivity contribution in [2.75, 3.05) is 5.73 Å². The second-order valence-corrected chi connectivity index (χ2v) is 4.70. The third kappa shape index (κ3) is 1.66. The molecular formula is C14H15N3O. The molecule has 1 aliphatic rings. The number of hydrogen-bond acceptors (Lipinski definition) is 2. The maximum absolute atomic E-state index is 12.4. The number of nitrogen functional groups attached to an aromatic ring is 1. The van der Waals surface area contributed by atoms with Crippen molar-refractivity contribution in [3.63, 3.8) is 0 Å². The molecule has 18 heavy (non-hydrogen) atoms. The molecular weight excluding hydrogens is 226 g/mol. The Kier molecular flexibility index (Phi) is 2.37. The Morgan fingerprint density at radius 1 is 1.22 bits per heavy atom. The van der Waals surface area contributed by atoms with E-state index >= 15 is 0 Å². The van der Waals surface area contributed by atoms with E-state index < -0.39 is 0 Å². The molecule has 2 heterocycles. The van der Waals surface area contributed by atoms with E-state index in [0.717, 1.165) is 0 Å². The van der Waals surface area contributed by atoms with E-state index in [-0.39, 0.29) is 5.91 Å². The number of anilines is 1. The average Bonchev–Trinajstić information content (AvgIpc) is 2.91. The number of aryl methyl sites for hydroxylation is 1. The number of carbonyl (C=O) groups excluding carboxylic acids is 1. The van der Waals surface area contributed by atoms with E-state index in [2.05, 4.69) is 12.1 Å². The molecule has 0 unspecified atom stereocenters. The first kappa shape index (κ1) is 10.9. The molecule has 0 spiro atoms. The van der Waals surface area contributed by atoms with Gasteiger partial charge in [-0.2, -0.15) is 0 Å². The van der Waals surface area contributed by atoms with Crippen LogP contribution < -0.4 is 5.73 Å². The summed E-state index contributed by atoms with van der Waals surface area (Å²) in [6.07, 6.45) is 1.76. The molecule has 0 atom stereocenters. The van der Waals surface area contributed by atoms with E-state index in [0.29, 0.717) is 24.5 Å². The van der Waals surface area contributed by atoms with Crippen LogP contribution in [0.15, 0.2) is 36.5 Å². The van der Waals surface area contributed by atoms with Crippen LogP contribution in [-0.2, 0) is 20.1 Å². The third-order valence-electron chi connectivity index (χ3n) is 3.37. The summed E-state index contributed by atoms with van der Waals surface area (Å²) in [5.41, 5.74) is 9.43. The second-order valence-electron chi connectivity index (χ2n) is 4.70. The standard InChI is InChI=1S/C14H15N3O/c1-16-9-12(15)6-13(16)14(18)17-7-10-4-2-3-5-11(10)8-17/h2-6,9H,7-8,15H2,1H3. The molecule has 92 valence electrons. The van der Waals surface area contributed by atoms with E-state index in [4.69, 9.17) is 5.73 Å². The summed E-state index contributed by atoms with van der Waals surface area (Å²) in [7, 11) is 1.84. The monoisotopic (exact) mass is 241 g/mol. The van der Waals surface area contributed by atoms with Gasteiger partial charge in [0.25, 0.3) is 5.91 Å². The number of nitrogens with zero attached hydrogens (tertiary/aromatic N) is 2. The van der Waals surface area contributed by atoms with Crippen LogP contribution in [0.2, 0.25) is 0 Å². The maximum Gasteiger partial charge on any atom is 0.271 e. The minimum Gasteiger partial charge on any atom is -0.397 e. The first-order valence-corrected chi connectivity index (χ1v) is 5.93. The highest BCUT2D eigenvalue weighted by molar-refractivity contribution is 5.94. The number of aromatic nitrogens is 1. The highest BCUT2D eigenvalue weighted by Gasteiger charge is 2.25. The molecule has 1 amide bonds. The summed E-state index contributed by atoms with van der Waals surface area (Å²) in [5.74, 6) is 0.0328. The van der Waals surface area contributed by atoms with E-state index in [1.807, 2.05) is 24.1 Å². The smallest absolute Gasteiger partial charge is 0.271 e. The highest BCUT2D eigenvalue weighted by atomic mass is 16.2. The number of hydrogen-bond donors (Lipinski definition) is 1. The highest BCUT2D eigenvalue weighted by Crippen LogP contribution is 2.24. The Hall–Kier alpha value is -2.23. The Morgan fingerprint density at radius 2 is 1.83 bits per heavy atom. The van der Waals surface area contributed by atoms with Crippen LogP contribution in [0, 0.1) is 0 Å². The quantitative estimate of drug-likeness (QED) is 0.827. The summed E-state index contributed by atoms with van der Waals surface area (Å²) in [6.45, 7) is 1.36. The van der Waals surface area contributed by atoms with Crippen molar-refractivity contribution in [2.45, 2.75) is 13.1 Å². The Balaban J connectivity index is 1.87. The summed E-state index contributed by atoms with van der Waals surface area (Å²) in [5, 5.41) is 0. The fraction of sp³-hybridized carbons (Fsp3) is 0.214. The van der Waals surface area contributed by atoms with Crippen LogP contribution in [0.5, 0.6) is 0 Å². The summed E-state index contributed by atoms with van der Waals surface area (Å²) in [6, 6.07) is 9.88. The van der Waals surface area contributed by atoms with Gasteiger partial charge in [-0.3, -0.25) is 4.79 Å². The zero-order valence-corrected chi connectivity index (χ0v) is 10.3. The van der Waals surface area contributed by atoms with Crippen LogP contribution in [0.1, 0.15) is 21.6 Å². The fourth-order valence-corrected chi connectivity index (χ4v) is 2.44. The number of carbonyl (C=O) groups is 1. The van der Waals surface area contributed by atoms with E-state index in [1.165, 1.54) is 11.1 Å². The average molecular weight is 241 g/mol. The van der Waals surface area contributed by atoms with Gasteiger partial charge in [-0.1, -0.05) is 24.3 Å². The minimum absolute atomic E-state index is 0.0328. The molecule has 1 aromatic carbocycles. The van der Waals surface area contributed by atoms with E-state index in [1.54, 1.807) is 16.8 Å². The van der Waals surface area contributed by atoms with Gasteiger partial charge in [0.2, 0.25) is 0 Å². The molecule has 3 rings (SSSR count). The van der Waals surface area contributed by atoms with Crippen LogP contribution in [0.4, 0.5) is 5.69 Å². The lowest BCUT2D eigenvalue weighted by Crippen LogP contribution is -2.26. The van der Waals surface area contributed by atoms with Crippen molar-refractivity contribution in [2.24, 2.45) is 7.05 Å². The van der Waals surface area contributed by atoms with E-state index in [9.17, 15) is 4.79 Å². The number of nitrogens with two attached hydrogens (primary N) is 1. The SMILES string of the molecule is Cn1cc(N)cc1C(=O)N1Cc2ccccc2C1. The molecule has 1 aliphatic heterocycles. The summed E-state index contributed by atoms with van der Waals surface area (Å²) >= 11 is 0. The molecule has 2 N–H and O–H groups in total. The van der Waals surface area contributed by atoms with Crippen molar-refractivity contribution >= 4 is 11.6 Å². The van der Waals surface area contributed by atoms with Gasteiger partial charge in [0.15, 0.2) is 0 Å². The topological polar surface area (TPSA) is 51.3 Å². The van der Waals surface area contributed by atoms with Crippen molar-refractivity contribution in [1.82, 2.24) is 9.47 Å². The van der Waals surface area contributed by atoms with Crippen molar-refractivity contribution in [3.05, 3.63) is 53.3 Å². The maximum atomic E-state index is 12.4. The van der Waals surface area contributed by atoms with Crippen LogP contribution in [-0.4, -0.2) is 15.4 Å². The second kappa shape index (κ2) is 3.91. The van der Waals surface area contributed by atoms with Gasteiger partial charge in [0.05, 0.1) is 5.69 Å². The normalized spacial score (nSPS) is 13.7. The lowest BCUT2D eigenvalue weighted by Gasteiger charge is -2.15. The predicted molar refractivity (Wildman–Crippen MR) is 69.8 cm³/mol. The Morgan fingerprint density at radius 3 is 2.33 bits per heavy atom. The number of fused-ring (bicyclic) bond motifs is 1. The Bertz CT molecular complexity index is 590. The largest absolute Gasteiger partial charge is 0.397 e. The van der Waals surface area contributed by atoms with Crippen LogP contribution in [0.3, 0.4) is 0 Å². The first-order chi connectivity index (χ1) is 8.65. The molecule has 1 aromatic heterocycles. The number of benzene rings is 1. The minimum atomic E-state index is 0.0328. The van der Waals surface area contributed by atoms with Crippen molar-refractivity contribution in [3.8, 4) is 0 Å². The lowest BCUT2D eigenvalue weighted by molar-refractivity contribution is 0.0742. The van der Waals surface area contributed by atoms with Crippen molar-refractivity contribution < 1.29 is 4.79 Å². The summed E-state index contributed by atoms with van der Waals surface area (Å²) in [4.78, 5) is 14.2. The molecule has 0 saturated heterocycles. The van der Waals surface area contributed by atoms with Crippen molar-refractivity contribution in [1.29, 1.82) is 0 Å².